The predicted octanol–water partition coefficient (Wildman–Crippen LogP) is 2.62. The van der Waals surface area contributed by atoms with Crippen molar-refractivity contribution in [3.63, 3.8) is 0 Å². The highest BCUT2D eigenvalue weighted by Gasteiger charge is 2.13. The van der Waals surface area contributed by atoms with Crippen LogP contribution in [0.25, 0.3) is 0 Å². The van der Waals surface area contributed by atoms with E-state index >= 15 is 0 Å². The van der Waals surface area contributed by atoms with Crippen molar-refractivity contribution in [2.45, 2.75) is 25.7 Å². The quantitative estimate of drug-likeness (QED) is 0.646. The lowest BCUT2D eigenvalue weighted by Crippen LogP contribution is -2.06. The molecule has 0 radical (unpaired) electrons. The van der Waals surface area contributed by atoms with E-state index in [4.69, 9.17) is 16.3 Å². The molecule has 2 nitrogen and oxygen atoms in total. The molecule has 0 saturated heterocycles. The minimum Gasteiger partial charge on any atom is -0.494 e. The topological polar surface area (TPSA) is 22.1 Å². The minimum absolute atomic E-state index is 0.489. The van der Waals surface area contributed by atoms with Gasteiger partial charge >= 0.3 is 0 Å². The summed E-state index contributed by atoms with van der Waals surface area (Å²) in [7, 11) is 1.62. The normalized spacial score (nSPS) is 15.2. The molecule has 3 heteroatoms. The number of ether oxygens (including phenoxy) is 1. The first-order valence-corrected chi connectivity index (χ1v) is 4.91. The van der Waals surface area contributed by atoms with E-state index in [0.717, 1.165) is 18.5 Å². The van der Waals surface area contributed by atoms with E-state index in [9.17, 15) is 0 Å². The molecule has 0 unspecified atom stereocenters. The zero-order valence-corrected chi connectivity index (χ0v) is 8.40. The standard InChI is InChI=1S/C10H12ClNO/c1-13-9-6-7-4-2-3-5-8(7)12-10(9)11/h6H,2-5H2,1H3. The molecule has 0 aromatic carbocycles. The van der Waals surface area contributed by atoms with Crippen molar-refractivity contribution in [3.05, 3.63) is 22.5 Å². The average Bonchev–Trinajstić information content (AvgIpc) is 2.17. The molecule has 0 fully saturated rings. The molecule has 0 saturated carbocycles. The highest BCUT2D eigenvalue weighted by Crippen LogP contribution is 2.28. The van der Waals surface area contributed by atoms with Gasteiger partial charge in [0.1, 0.15) is 0 Å². The van der Waals surface area contributed by atoms with Gasteiger partial charge in [0, 0.05) is 5.69 Å². The Labute approximate surface area is 82.9 Å². The number of pyridine rings is 1. The summed E-state index contributed by atoms with van der Waals surface area (Å²) >= 11 is 5.93. The van der Waals surface area contributed by atoms with Crippen LogP contribution in [-0.4, -0.2) is 12.1 Å². The Bertz CT molecular complexity index is 325. The molecule has 0 atom stereocenters. The molecular weight excluding hydrogens is 186 g/mol. The summed E-state index contributed by atoms with van der Waals surface area (Å²) in [6.45, 7) is 0. The van der Waals surface area contributed by atoms with Gasteiger partial charge in [-0.3, -0.25) is 0 Å². The zero-order chi connectivity index (χ0) is 9.26. The van der Waals surface area contributed by atoms with Crippen molar-refractivity contribution in [3.8, 4) is 5.75 Å². The van der Waals surface area contributed by atoms with Gasteiger partial charge in [0.25, 0.3) is 0 Å². The molecule has 0 N–H and O–H groups in total. The van der Waals surface area contributed by atoms with Crippen LogP contribution in [0.3, 0.4) is 0 Å². The van der Waals surface area contributed by atoms with Gasteiger partial charge in [-0.2, -0.15) is 0 Å². The third kappa shape index (κ3) is 1.63. The molecule has 2 rings (SSSR count). The number of hydrogen-bond acceptors (Lipinski definition) is 2. The number of rotatable bonds is 1. The summed E-state index contributed by atoms with van der Waals surface area (Å²) < 4.78 is 5.12. The number of fused-ring (bicyclic) bond motifs is 1. The van der Waals surface area contributed by atoms with Gasteiger partial charge in [0.05, 0.1) is 7.11 Å². The van der Waals surface area contributed by atoms with Gasteiger partial charge in [-0.05, 0) is 37.3 Å². The molecule has 1 heterocycles. The number of aromatic nitrogens is 1. The summed E-state index contributed by atoms with van der Waals surface area (Å²) in [5.41, 5.74) is 2.45. The second-order valence-electron chi connectivity index (χ2n) is 3.29. The molecule has 1 aliphatic rings. The predicted molar refractivity (Wildman–Crippen MR) is 52.4 cm³/mol. The van der Waals surface area contributed by atoms with Crippen LogP contribution in [0.4, 0.5) is 0 Å². The fourth-order valence-corrected chi connectivity index (χ4v) is 1.96. The molecule has 70 valence electrons. The molecule has 0 spiro atoms. The average molecular weight is 198 g/mol. The van der Waals surface area contributed by atoms with E-state index < -0.39 is 0 Å². The van der Waals surface area contributed by atoms with Crippen LogP contribution in [0.2, 0.25) is 5.15 Å². The lowest BCUT2D eigenvalue weighted by molar-refractivity contribution is 0.411. The fraction of sp³-hybridized carbons (Fsp3) is 0.500. The summed E-state index contributed by atoms with van der Waals surface area (Å²) in [4.78, 5) is 4.32. The molecule has 0 aliphatic heterocycles. The molecule has 0 amide bonds. The maximum atomic E-state index is 5.93. The Morgan fingerprint density at radius 2 is 2.15 bits per heavy atom. The Morgan fingerprint density at radius 3 is 2.92 bits per heavy atom. The summed E-state index contributed by atoms with van der Waals surface area (Å²) in [5, 5.41) is 0.489. The first-order chi connectivity index (χ1) is 6.31. The Hall–Kier alpha value is -0.760. The lowest BCUT2D eigenvalue weighted by atomic mass is 9.96. The Balaban J connectivity index is 2.44. The number of methoxy groups -OCH3 is 1. The Morgan fingerprint density at radius 1 is 1.38 bits per heavy atom. The van der Waals surface area contributed by atoms with Crippen molar-refractivity contribution < 1.29 is 4.74 Å². The van der Waals surface area contributed by atoms with Crippen LogP contribution in [-0.2, 0) is 12.8 Å². The van der Waals surface area contributed by atoms with Gasteiger partial charge < -0.3 is 4.74 Å². The summed E-state index contributed by atoms with van der Waals surface area (Å²) in [6, 6.07) is 2.02. The highest BCUT2D eigenvalue weighted by molar-refractivity contribution is 6.30. The maximum absolute atomic E-state index is 5.93. The third-order valence-corrected chi connectivity index (χ3v) is 2.71. The second kappa shape index (κ2) is 3.54. The Kier molecular flexibility index (Phi) is 2.40. The van der Waals surface area contributed by atoms with Gasteiger partial charge in [-0.1, -0.05) is 11.6 Å². The van der Waals surface area contributed by atoms with E-state index in [0.29, 0.717) is 10.9 Å². The fourth-order valence-electron chi connectivity index (χ4n) is 1.73. The lowest BCUT2D eigenvalue weighted by Gasteiger charge is -2.15. The van der Waals surface area contributed by atoms with Crippen molar-refractivity contribution in [2.24, 2.45) is 0 Å². The molecule has 1 aliphatic carbocycles. The van der Waals surface area contributed by atoms with Crippen molar-refractivity contribution >= 4 is 11.6 Å². The summed E-state index contributed by atoms with van der Waals surface area (Å²) in [5.74, 6) is 0.697. The highest BCUT2D eigenvalue weighted by atomic mass is 35.5. The van der Waals surface area contributed by atoms with Gasteiger partial charge in [0.15, 0.2) is 10.9 Å². The first-order valence-electron chi connectivity index (χ1n) is 4.53. The van der Waals surface area contributed by atoms with E-state index in [-0.39, 0.29) is 0 Å². The number of halogens is 1. The smallest absolute Gasteiger partial charge is 0.171 e. The molecule has 13 heavy (non-hydrogen) atoms. The van der Waals surface area contributed by atoms with Crippen LogP contribution >= 0.6 is 11.6 Å². The summed E-state index contributed by atoms with van der Waals surface area (Å²) in [6.07, 6.45) is 4.64. The van der Waals surface area contributed by atoms with Crippen LogP contribution in [0.1, 0.15) is 24.1 Å². The number of hydrogen-bond donors (Lipinski definition) is 0. The largest absolute Gasteiger partial charge is 0.494 e. The third-order valence-electron chi connectivity index (χ3n) is 2.44. The number of nitrogens with zero attached hydrogens (tertiary/aromatic N) is 1. The SMILES string of the molecule is COc1cc2c(nc1Cl)CCCC2. The van der Waals surface area contributed by atoms with Crippen LogP contribution < -0.4 is 4.74 Å². The van der Waals surface area contributed by atoms with E-state index in [1.807, 2.05) is 6.07 Å². The minimum atomic E-state index is 0.489. The van der Waals surface area contributed by atoms with Gasteiger partial charge in [-0.15, -0.1) is 0 Å². The second-order valence-corrected chi connectivity index (χ2v) is 3.65. The number of aryl methyl sites for hydroxylation is 2. The van der Waals surface area contributed by atoms with Crippen molar-refractivity contribution in [1.82, 2.24) is 4.98 Å². The maximum Gasteiger partial charge on any atom is 0.171 e. The van der Waals surface area contributed by atoms with Gasteiger partial charge in [0.2, 0.25) is 0 Å². The molecular formula is C10H12ClNO. The van der Waals surface area contributed by atoms with Crippen LogP contribution in [0.15, 0.2) is 6.07 Å². The van der Waals surface area contributed by atoms with Crippen LogP contribution in [0, 0.1) is 0 Å². The molecule has 0 bridgehead atoms. The van der Waals surface area contributed by atoms with Crippen molar-refractivity contribution in [2.75, 3.05) is 7.11 Å². The zero-order valence-electron chi connectivity index (χ0n) is 7.64. The van der Waals surface area contributed by atoms with Crippen LogP contribution in [0.5, 0.6) is 5.75 Å². The van der Waals surface area contributed by atoms with E-state index in [1.165, 1.54) is 18.4 Å². The van der Waals surface area contributed by atoms with Crippen molar-refractivity contribution in [1.29, 1.82) is 0 Å². The first kappa shape index (κ1) is 8.82. The van der Waals surface area contributed by atoms with Gasteiger partial charge in [-0.25, -0.2) is 4.98 Å². The van der Waals surface area contributed by atoms with E-state index in [2.05, 4.69) is 4.98 Å². The molecule has 1 aromatic heterocycles. The monoisotopic (exact) mass is 197 g/mol. The molecule has 1 aromatic rings. The van der Waals surface area contributed by atoms with E-state index in [1.54, 1.807) is 7.11 Å².